The van der Waals surface area contributed by atoms with Crippen LogP contribution in [0.2, 0.25) is 0 Å². The van der Waals surface area contributed by atoms with Gasteiger partial charge in [0.2, 0.25) is 0 Å². The average molecular weight is 272 g/mol. The molecule has 1 heterocycles. The van der Waals surface area contributed by atoms with Gasteiger partial charge in [-0.05, 0) is 52.7 Å². The molecule has 112 valence electrons. The van der Waals surface area contributed by atoms with Crippen molar-refractivity contribution >= 4 is 5.97 Å². The lowest BCUT2D eigenvalue weighted by Gasteiger charge is -2.27. The normalized spacial score (nSPS) is 22.6. The van der Waals surface area contributed by atoms with E-state index in [-0.39, 0.29) is 0 Å². The fraction of sp³-hybridized carbons (Fsp3) is 0.929. The number of ether oxygens (including phenoxy) is 1. The van der Waals surface area contributed by atoms with E-state index < -0.39 is 11.5 Å². The number of carbonyl (C=O) groups is 1. The molecular formula is C14H28N2O3. The molecule has 0 spiro atoms. The van der Waals surface area contributed by atoms with Crippen LogP contribution >= 0.6 is 0 Å². The summed E-state index contributed by atoms with van der Waals surface area (Å²) < 4.78 is 5.37. The lowest BCUT2D eigenvalue weighted by atomic mass is 9.94. The van der Waals surface area contributed by atoms with Gasteiger partial charge in [-0.15, -0.1) is 0 Å². The van der Waals surface area contributed by atoms with Crippen molar-refractivity contribution < 1.29 is 14.6 Å². The molecule has 1 aliphatic heterocycles. The van der Waals surface area contributed by atoms with Crippen molar-refractivity contribution in [2.45, 2.75) is 51.1 Å². The molecule has 0 aromatic heterocycles. The molecule has 0 saturated carbocycles. The number of aliphatic carboxylic acids is 1. The summed E-state index contributed by atoms with van der Waals surface area (Å²) in [5, 5.41) is 12.3. The van der Waals surface area contributed by atoms with Gasteiger partial charge in [-0.2, -0.15) is 0 Å². The predicted molar refractivity (Wildman–Crippen MR) is 75.4 cm³/mol. The molecule has 0 amide bonds. The Labute approximate surface area is 116 Å². The number of unbranched alkanes of at least 4 members (excludes halogenated alkanes) is 1. The second-order valence-corrected chi connectivity index (χ2v) is 5.62. The molecule has 2 unspecified atom stereocenters. The molecule has 0 aliphatic carbocycles. The third kappa shape index (κ3) is 5.09. The van der Waals surface area contributed by atoms with Gasteiger partial charge in [-0.1, -0.05) is 6.92 Å². The number of carboxylic acids is 1. The molecule has 0 radical (unpaired) electrons. The van der Waals surface area contributed by atoms with Crippen molar-refractivity contribution in [3.05, 3.63) is 0 Å². The minimum Gasteiger partial charge on any atom is -0.480 e. The molecule has 1 aliphatic rings. The van der Waals surface area contributed by atoms with Gasteiger partial charge in [-0.3, -0.25) is 4.79 Å². The number of nitrogens with one attached hydrogen (secondary N) is 1. The Bertz CT molecular complexity index is 280. The Morgan fingerprint density at radius 2 is 2.26 bits per heavy atom. The van der Waals surface area contributed by atoms with Gasteiger partial charge in [-0.25, -0.2) is 0 Å². The van der Waals surface area contributed by atoms with Crippen LogP contribution in [-0.4, -0.2) is 60.9 Å². The number of nitrogens with zero attached hydrogens (tertiary/aromatic N) is 1. The van der Waals surface area contributed by atoms with E-state index in [2.05, 4.69) is 17.3 Å². The zero-order valence-electron chi connectivity index (χ0n) is 12.4. The van der Waals surface area contributed by atoms with Crippen LogP contribution in [-0.2, 0) is 9.53 Å². The molecule has 1 rings (SSSR count). The summed E-state index contributed by atoms with van der Waals surface area (Å²) >= 11 is 0. The molecule has 0 bridgehead atoms. The number of rotatable bonds is 9. The summed E-state index contributed by atoms with van der Waals surface area (Å²) in [6, 6.07) is 0.541. The van der Waals surface area contributed by atoms with Gasteiger partial charge in [0.15, 0.2) is 0 Å². The molecule has 0 aromatic rings. The fourth-order valence-corrected chi connectivity index (χ4v) is 2.55. The molecule has 2 atom stereocenters. The highest BCUT2D eigenvalue weighted by Crippen LogP contribution is 2.16. The van der Waals surface area contributed by atoms with E-state index in [1.54, 1.807) is 6.92 Å². The summed E-state index contributed by atoms with van der Waals surface area (Å²) in [4.78, 5) is 13.6. The molecule has 1 fully saturated rings. The topological polar surface area (TPSA) is 61.8 Å². The van der Waals surface area contributed by atoms with Gasteiger partial charge >= 0.3 is 5.97 Å². The van der Waals surface area contributed by atoms with Crippen molar-refractivity contribution in [2.75, 3.05) is 33.4 Å². The second kappa shape index (κ2) is 7.82. The van der Waals surface area contributed by atoms with E-state index in [1.807, 2.05) is 6.92 Å². The Balaban J connectivity index is 2.22. The highest BCUT2D eigenvalue weighted by molar-refractivity contribution is 5.78. The number of hydrogen-bond donors (Lipinski definition) is 2. The minimum absolute atomic E-state index is 0.541. The van der Waals surface area contributed by atoms with Crippen LogP contribution in [0.15, 0.2) is 0 Å². The molecule has 2 N–H and O–H groups in total. The third-order valence-electron chi connectivity index (χ3n) is 4.01. The standard InChI is InChI=1S/C14H28N2O3/c1-4-15-14(2,13(17)18)8-5-6-9-16(3)12-7-10-19-11-12/h12,15H,4-11H2,1-3H3,(H,17,18). The van der Waals surface area contributed by atoms with Gasteiger partial charge in [0.1, 0.15) is 5.54 Å². The Kier molecular flexibility index (Phi) is 6.75. The third-order valence-corrected chi connectivity index (χ3v) is 4.01. The summed E-state index contributed by atoms with van der Waals surface area (Å²) in [5.74, 6) is -0.758. The maximum absolute atomic E-state index is 11.3. The molecule has 1 saturated heterocycles. The first-order chi connectivity index (χ1) is 8.99. The van der Waals surface area contributed by atoms with Crippen LogP contribution in [0.3, 0.4) is 0 Å². The average Bonchev–Trinajstić information content (AvgIpc) is 2.88. The lowest BCUT2D eigenvalue weighted by Crippen LogP contribution is -2.49. The first-order valence-corrected chi connectivity index (χ1v) is 7.26. The van der Waals surface area contributed by atoms with E-state index in [4.69, 9.17) is 4.74 Å². The number of hydrogen-bond acceptors (Lipinski definition) is 4. The zero-order valence-corrected chi connectivity index (χ0v) is 12.4. The van der Waals surface area contributed by atoms with Gasteiger partial charge in [0.05, 0.1) is 6.61 Å². The molecule has 19 heavy (non-hydrogen) atoms. The Morgan fingerprint density at radius 3 is 2.79 bits per heavy atom. The molecule has 5 nitrogen and oxygen atoms in total. The Hall–Kier alpha value is -0.650. The van der Waals surface area contributed by atoms with Crippen LogP contribution in [0.5, 0.6) is 0 Å². The lowest BCUT2D eigenvalue weighted by molar-refractivity contribution is -0.144. The number of carboxylic acid groups (broad SMARTS) is 1. The monoisotopic (exact) mass is 272 g/mol. The highest BCUT2D eigenvalue weighted by atomic mass is 16.5. The van der Waals surface area contributed by atoms with Crippen LogP contribution in [0, 0.1) is 0 Å². The first kappa shape index (κ1) is 16.4. The summed E-state index contributed by atoms with van der Waals surface area (Å²) in [6.45, 7) is 7.10. The maximum Gasteiger partial charge on any atom is 0.323 e. The fourth-order valence-electron chi connectivity index (χ4n) is 2.55. The molecule has 0 aromatic carbocycles. The van der Waals surface area contributed by atoms with Crippen molar-refractivity contribution in [1.82, 2.24) is 10.2 Å². The smallest absolute Gasteiger partial charge is 0.323 e. The van der Waals surface area contributed by atoms with Crippen LogP contribution in [0.25, 0.3) is 0 Å². The highest BCUT2D eigenvalue weighted by Gasteiger charge is 2.31. The first-order valence-electron chi connectivity index (χ1n) is 7.26. The van der Waals surface area contributed by atoms with Gasteiger partial charge in [0, 0.05) is 12.6 Å². The zero-order chi connectivity index (χ0) is 14.3. The molecular weight excluding hydrogens is 244 g/mol. The van der Waals surface area contributed by atoms with Crippen LogP contribution in [0.4, 0.5) is 0 Å². The van der Waals surface area contributed by atoms with Gasteiger partial charge in [0.25, 0.3) is 0 Å². The Morgan fingerprint density at radius 1 is 1.53 bits per heavy atom. The van der Waals surface area contributed by atoms with Crippen LogP contribution in [0.1, 0.15) is 39.5 Å². The van der Waals surface area contributed by atoms with Gasteiger partial charge < -0.3 is 20.1 Å². The van der Waals surface area contributed by atoms with Crippen molar-refractivity contribution in [2.24, 2.45) is 0 Å². The SMILES string of the molecule is CCNC(C)(CCCCN(C)C1CCOC1)C(=O)O. The van der Waals surface area contributed by atoms with Crippen molar-refractivity contribution in [3.8, 4) is 0 Å². The minimum atomic E-state index is -0.788. The summed E-state index contributed by atoms with van der Waals surface area (Å²) in [7, 11) is 2.13. The number of likely N-dealkylation sites (N-methyl/N-ethyl adjacent to an activating group) is 2. The predicted octanol–water partition coefficient (Wildman–Crippen LogP) is 1.33. The van der Waals surface area contributed by atoms with E-state index in [0.29, 0.717) is 19.0 Å². The van der Waals surface area contributed by atoms with Crippen molar-refractivity contribution in [1.29, 1.82) is 0 Å². The largest absolute Gasteiger partial charge is 0.480 e. The van der Waals surface area contributed by atoms with E-state index in [1.165, 1.54) is 0 Å². The summed E-state index contributed by atoms with van der Waals surface area (Å²) in [5.41, 5.74) is -0.788. The van der Waals surface area contributed by atoms with E-state index >= 15 is 0 Å². The summed E-state index contributed by atoms with van der Waals surface area (Å²) in [6.07, 6.45) is 3.74. The van der Waals surface area contributed by atoms with E-state index in [0.717, 1.165) is 39.0 Å². The second-order valence-electron chi connectivity index (χ2n) is 5.62. The van der Waals surface area contributed by atoms with Crippen molar-refractivity contribution in [3.63, 3.8) is 0 Å². The van der Waals surface area contributed by atoms with E-state index in [9.17, 15) is 9.90 Å². The van der Waals surface area contributed by atoms with Crippen LogP contribution < -0.4 is 5.32 Å². The maximum atomic E-state index is 11.3. The quantitative estimate of drug-likeness (QED) is 0.620. The molecule has 5 heteroatoms.